The summed E-state index contributed by atoms with van der Waals surface area (Å²) in [4.78, 5) is 15.0. The molecule has 2 aliphatic heterocycles. The van der Waals surface area contributed by atoms with Crippen LogP contribution in [0.1, 0.15) is 31.9 Å². The molecule has 152 valence electrons. The van der Waals surface area contributed by atoms with Crippen molar-refractivity contribution in [3.05, 3.63) is 30.0 Å². The summed E-state index contributed by atoms with van der Waals surface area (Å²) in [6.07, 6.45) is 2.31. The van der Waals surface area contributed by atoms with Crippen molar-refractivity contribution >= 4 is 32.3 Å². The van der Waals surface area contributed by atoms with E-state index in [2.05, 4.69) is 40.8 Å². The molecule has 0 spiro atoms. The van der Waals surface area contributed by atoms with Gasteiger partial charge in [-0.15, -0.1) is 0 Å². The second-order valence-corrected chi connectivity index (χ2v) is 10.4. The molecule has 6 nitrogen and oxygen atoms in total. The fourth-order valence-electron chi connectivity index (χ4n) is 4.74. The normalized spacial score (nSPS) is 23.3. The first-order chi connectivity index (χ1) is 13.4. The minimum absolute atomic E-state index is 0.00747. The number of carbonyl (C=O) groups is 1. The van der Waals surface area contributed by atoms with Crippen LogP contribution in [0.4, 0.5) is 5.69 Å². The van der Waals surface area contributed by atoms with E-state index in [9.17, 15) is 13.2 Å². The number of hydrogen-bond donors (Lipinski definition) is 1. The topological polar surface area (TPSA) is 71.4 Å². The highest BCUT2D eigenvalue weighted by molar-refractivity contribution is 7.91. The lowest BCUT2D eigenvalue weighted by atomic mass is 9.94. The number of rotatable bonds is 4. The fourth-order valence-corrected chi connectivity index (χ4v) is 6.50. The highest BCUT2D eigenvalue weighted by Gasteiger charge is 2.35. The predicted octanol–water partition coefficient (Wildman–Crippen LogP) is 2.81. The fraction of sp³-hybridized carbons (Fsp3) is 0.571. The molecule has 1 N–H and O–H groups in total. The molecule has 1 amide bonds. The number of nitrogens with one attached hydrogen (secondary N) is 1. The standard InChI is InChI=1S/C21H29N3O3S/c1-3-24-15(2)12-17-13-18(4-5-20(17)24)22-21(25)16-6-9-23(10-7-16)19-8-11-28(26,27)14-19/h4-5,12-13,16,19H,3,6-11,14H2,1-2H3,(H,22,25). The number of carbonyl (C=O) groups excluding carboxylic acids is 1. The summed E-state index contributed by atoms with van der Waals surface area (Å²) in [6, 6.07) is 8.39. The van der Waals surface area contributed by atoms with Gasteiger partial charge in [0.25, 0.3) is 0 Å². The van der Waals surface area contributed by atoms with Gasteiger partial charge >= 0.3 is 0 Å². The van der Waals surface area contributed by atoms with Crippen LogP contribution in [0.5, 0.6) is 0 Å². The van der Waals surface area contributed by atoms with E-state index >= 15 is 0 Å². The molecule has 7 heteroatoms. The molecule has 2 saturated heterocycles. The van der Waals surface area contributed by atoms with E-state index < -0.39 is 9.84 Å². The number of aryl methyl sites for hydroxylation is 2. The van der Waals surface area contributed by atoms with Crippen LogP contribution in [0.2, 0.25) is 0 Å². The number of nitrogens with zero attached hydrogens (tertiary/aromatic N) is 2. The van der Waals surface area contributed by atoms with Gasteiger partial charge in [0, 0.05) is 40.8 Å². The summed E-state index contributed by atoms with van der Waals surface area (Å²) in [5.41, 5.74) is 3.26. The molecule has 1 unspecified atom stereocenters. The Labute approximate surface area is 166 Å². The molecule has 0 saturated carbocycles. The summed E-state index contributed by atoms with van der Waals surface area (Å²) < 4.78 is 25.7. The average molecular weight is 404 g/mol. The van der Waals surface area contributed by atoms with Crippen LogP contribution in [0.3, 0.4) is 0 Å². The first-order valence-electron chi connectivity index (χ1n) is 10.2. The Hall–Kier alpha value is -1.86. The van der Waals surface area contributed by atoms with Crippen LogP contribution in [-0.2, 0) is 21.2 Å². The van der Waals surface area contributed by atoms with E-state index in [0.717, 1.165) is 50.0 Å². The van der Waals surface area contributed by atoms with E-state index in [4.69, 9.17) is 0 Å². The maximum Gasteiger partial charge on any atom is 0.227 e. The Morgan fingerprint density at radius 1 is 1.18 bits per heavy atom. The van der Waals surface area contributed by atoms with Gasteiger partial charge in [0.2, 0.25) is 5.91 Å². The van der Waals surface area contributed by atoms with Crippen molar-refractivity contribution in [3.63, 3.8) is 0 Å². The number of sulfone groups is 1. The minimum atomic E-state index is -2.86. The largest absolute Gasteiger partial charge is 0.345 e. The SMILES string of the molecule is CCn1c(C)cc2cc(NC(=O)C3CCN(C4CCS(=O)(=O)C4)CC3)ccc21. The lowest BCUT2D eigenvalue weighted by Gasteiger charge is -2.34. The molecule has 1 aromatic carbocycles. The van der Waals surface area contributed by atoms with Gasteiger partial charge in [-0.2, -0.15) is 0 Å². The molecule has 28 heavy (non-hydrogen) atoms. The van der Waals surface area contributed by atoms with Crippen molar-refractivity contribution in [2.45, 2.75) is 45.7 Å². The highest BCUT2D eigenvalue weighted by atomic mass is 32.2. The lowest BCUT2D eigenvalue weighted by molar-refractivity contribution is -0.121. The Morgan fingerprint density at radius 3 is 2.57 bits per heavy atom. The van der Waals surface area contributed by atoms with Gasteiger partial charge in [0.15, 0.2) is 9.84 Å². The number of likely N-dealkylation sites (tertiary alicyclic amines) is 1. The van der Waals surface area contributed by atoms with Crippen LogP contribution in [0.25, 0.3) is 10.9 Å². The van der Waals surface area contributed by atoms with Crippen LogP contribution < -0.4 is 5.32 Å². The van der Waals surface area contributed by atoms with Crippen molar-refractivity contribution in [1.29, 1.82) is 0 Å². The molecule has 3 heterocycles. The molecule has 1 atom stereocenters. The molecule has 0 aliphatic carbocycles. The van der Waals surface area contributed by atoms with Crippen molar-refractivity contribution in [2.75, 3.05) is 29.9 Å². The predicted molar refractivity (Wildman–Crippen MR) is 112 cm³/mol. The molecule has 1 aromatic heterocycles. The Morgan fingerprint density at radius 2 is 1.93 bits per heavy atom. The third-order valence-electron chi connectivity index (χ3n) is 6.32. The van der Waals surface area contributed by atoms with Crippen molar-refractivity contribution < 1.29 is 13.2 Å². The zero-order chi connectivity index (χ0) is 19.9. The second kappa shape index (κ2) is 7.52. The van der Waals surface area contributed by atoms with Crippen molar-refractivity contribution in [3.8, 4) is 0 Å². The maximum absolute atomic E-state index is 12.7. The van der Waals surface area contributed by atoms with Gasteiger partial charge in [-0.05, 0) is 70.5 Å². The zero-order valence-electron chi connectivity index (χ0n) is 16.6. The second-order valence-electron chi connectivity index (χ2n) is 8.16. The first kappa shape index (κ1) is 19.5. The number of amides is 1. The van der Waals surface area contributed by atoms with E-state index in [0.29, 0.717) is 5.75 Å². The van der Waals surface area contributed by atoms with E-state index in [-0.39, 0.29) is 23.6 Å². The van der Waals surface area contributed by atoms with Crippen LogP contribution >= 0.6 is 0 Å². The zero-order valence-corrected chi connectivity index (χ0v) is 17.5. The molecule has 2 fully saturated rings. The summed E-state index contributed by atoms with van der Waals surface area (Å²) in [6.45, 7) is 6.77. The van der Waals surface area contributed by atoms with Crippen molar-refractivity contribution in [2.24, 2.45) is 5.92 Å². The van der Waals surface area contributed by atoms with E-state index in [1.165, 1.54) is 11.2 Å². The highest BCUT2D eigenvalue weighted by Crippen LogP contribution is 2.27. The van der Waals surface area contributed by atoms with Gasteiger partial charge in [-0.25, -0.2) is 8.42 Å². The monoisotopic (exact) mass is 403 g/mol. The van der Waals surface area contributed by atoms with Crippen LogP contribution in [-0.4, -0.2) is 54.4 Å². The molecule has 2 aliphatic rings. The van der Waals surface area contributed by atoms with Crippen LogP contribution in [0.15, 0.2) is 24.3 Å². The summed E-state index contributed by atoms with van der Waals surface area (Å²) in [5, 5.41) is 4.23. The number of piperidine rings is 1. The average Bonchev–Trinajstić information content (AvgIpc) is 3.19. The molecule has 4 rings (SSSR count). The molecule has 0 radical (unpaired) electrons. The summed E-state index contributed by atoms with van der Waals surface area (Å²) in [7, 11) is -2.86. The van der Waals surface area contributed by atoms with Gasteiger partial charge < -0.3 is 9.88 Å². The van der Waals surface area contributed by atoms with Crippen molar-refractivity contribution in [1.82, 2.24) is 9.47 Å². The Kier molecular flexibility index (Phi) is 5.22. The van der Waals surface area contributed by atoms with Gasteiger partial charge in [0.05, 0.1) is 11.5 Å². The number of benzene rings is 1. The van der Waals surface area contributed by atoms with Gasteiger partial charge in [-0.3, -0.25) is 9.69 Å². The summed E-state index contributed by atoms with van der Waals surface area (Å²) >= 11 is 0. The quantitative estimate of drug-likeness (QED) is 0.852. The third kappa shape index (κ3) is 3.82. The van der Waals surface area contributed by atoms with Gasteiger partial charge in [0.1, 0.15) is 0 Å². The Bertz CT molecular complexity index is 988. The Balaban J connectivity index is 1.36. The number of hydrogen-bond acceptors (Lipinski definition) is 4. The number of anilines is 1. The molecule has 0 bridgehead atoms. The minimum Gasteiger partial charge on any atom is -0.345 e. The lowest BCUT2D eigenvalue weighted by Crippen LogP contribution is -2.44. The third-order valence-corrected chi connectivity index (χ3v) is 8.07. The van der Waals surface area contributed by atoms with E-state index in [1.807, 2.05) is 12.1 Å². The molecule has 2 aromatic rings. The molecular weight excluding hydrogens is 374 g/mol. The van der Waals surface area contributed by atoms with Crippen LogP contribution in [0, 0.1) is 12.8 Å². The molecular formula is C21H29N3O3S. The number of aromatic nitrogens is 1. The first-order valence-corrected chi connectivity index (χ1v) is 12.0. The smallest absolute Gasteiger partial charge is 0.227 e. The number of fused-ring (bicyclic) bond motifs is 1. The maximum atomic E-state index is 12.7. The van der Waals surface area contributed by atoms with Gasteiger partial charge in [-0.1, -0.05) is 0 Å². The summed E-state index contributed by atoms with van der Waals surface area (Å²) in [5.74, 6) is 0.650. The van der Waals surface area contributed by atoms with E-state index in [1.54, 1.807) is 0 Å².